The Morgan fingerprint density at radius 1 is 0.829 bits per heavy atom. The van der Waals surface area contributed by atoms with Crippen LogP contribution in [0.4, 0.5) is 17.1 Å². The van der Waals surface area contributed by atoms with Crippen LogP contribution in [0.2, 0.25) is 5.02 Å². The van der Waals surface area contributed by atoms with Gasteiger partial charge in [-0.1, -0.05) is 84.4 Å². The zero-order chi connectivity index (χ0) is 28.6. The minimum absolute atomic E-state index is 0.376. The van der Waals surface area contributed by atoms with Gasteiger partial charge in [-0.05, 0) is 43.3 Å². The first-order valence-corrected chi connectivity index (χ1v) is 13.4. The zero-order valence-electron chi connectivity index (χ0n) is 22.2. The molecule has 0 bridgehead atoms. The predicted octanol–water partition coefficient (Wildman–Crippen LogP) is 8.35. The molecule has 1 amide bonds. The maximum Gasteiger partial charge on any atom is 0.256 e. The third-order valence-corrected chi connectivity index (χ3v) is 6.39. The van der Waals surface area contributed by atoms with E-state index in [0.29, 0.717) is 45.6 Å². The number of hydrogen-bond acceptors (Lipinski definition) is 6. The molecule has 9 heteroatoms. The highest BCUT2D eigenvalue weighted by Gasteiger charge is 2.26. The fourth-order valence-corrected chi connectivity index (χ4v) is 4.37. The normalized spacial score (nSPS) is 11.0. The van der Waals surface area contributed by atoms with Crippen molar-refractivity contribution in [1.29, 1.82) is 0 Å². The molecule has 41 heavy (non-hydrogen) atoms. The smallest absolute Gasteiger partial charge is 0.256 e. The number of azo groups is 1. The summed E-state index contributed by atoms with van der Waals surface area (Å²) in [5.41, 5.74) is 3.75. The summed E-state index contributed by atoms with van der Waals surface area (Å²) >= 11 is 6.18. The van der Waals surface area contributed by atoms with E-state index >= 15 is 0 Å². The van der Waals surface area contributed by atoms with Gasteiger partial charge in [0, 0.05) is 11.1 Å². The number of carbonyl (C=O) groups is 2. The molecule has 0 saturated carbocycles. The third-order valence-electron chi connectivity index (χ3n) is 6.06. The summed E-state index contributed by atoms with van der Waals surface area (Å²) in [7, 11) is 0. The molecular weight excluding hydrogens is 538 g/mol. The second kappa shape index (κ2) is 12.8. The number of hydrogen-bond donors (Lipinski definition) is 1. The van der Waals surface area contributed by atoms with Crippen molar-refractivity contribution in [3.63, 3.8) is 0 Å². The van der Waals surface area contributed by atoms with Gasteiger partial charge in [-0.25, -0.2) is 0 Å². The summed E-state index contributed by atoms with van der Waals surface area (Å²) in [6.07, 6.45) is -0.462. The van der Waals surface area contributed by atoms with Crippen LogP contribution in [0.25, 0.3) is 22.5 Å². The van der Waals surface area contributed by atoms with E-state index in [1.165, 1.54) is 4.68 Å². The van der Waals surface area contributed by atoms with Crippen LogP contribution in [-0.2, 0) is 4.79 Å². The summed E-state index contributed by atoms with van der Waals surface area (Å²) in [6, 6.07) is 32.8. The number of aromatic nitrogens is 2. The van der Waals surface area contributed by atoms with Gasteiger partial charge in [-0.3, -0.25) is 9.59 Å². The van der Waals surface area contributed by atoms with Crippen LogP contribution >= 0.6 is 11.6 Å². The van der Waals surface area contributed by atoms with E-state index in [1.807, 2.05) is 79.7 Å². The molecule has 0 aliphatic carbocycles. The highest BCUT2D eigenvalue weighted by Crippen LogP contribution is 2.40. The monoisotopic (exact) mass is 563 g/mol. The lowest BCUT2D eigenvalue weighted by molar-refractivity contribution is -0.115. The molecule has 0 unspecified atom stereocenters. The highest BCUT2D eigenvalue weighted by atomic mass is 35.5. The standard InChI is InChI=1S/C32H26ClN5O3/c1-2-41-25-19-17-24(18-20-25)35-36-31-30(22-11-5-3-6-12-22)37-38(32(31)23-13-7-4-8-14-23)29(40)21-28(39)34-27-16-10-9-15-26(27)33/h3-20H,2,21H2,1H3,(H,34,39). The van der Waals surface area contributed by atoms with E-state index in [1.54, 1.807) is 36.4 Å². The Morgan fingerprint density at radius 2 is 1.46 bits per heavy atom. The van der Waals surface area contributed by atoms with Crippen LogP contribution in [-0.4, -0.2) is 28.2 Å². The molecule has 0 aliphatic rings. The summed E-state index contributed by atoms with van der Waals surface area (Å²) in [5.74, 6) is -0.320. The van der Waals surface area contributed by atoms with E-state index in [0.717, 1.165) is 11.3 Å². The van der Waals surface area contributed by atoms with Crippen molar-refractivity contribution in [3.05, 3.63) is 114 Å². The molecule has 0 spiro atoms. The molecular formula is C32H26ClN5O3. The molecule has 5 aromatic rings. The number of rotatable bonds is 9. The number of halogens is 1. The largest absolute Gasteiger partial charge is 0.494 e. The Morgan fingerprint density at radius 3 is 2.12 bits per heavy atom. The summed E-state index contributed by atoms with van der Waals surface area (Å²) in [4.78, 5) is 26.5. The first kappa shape index (κ1) is 27.5. The Balaban J connectivity index is 1.57. The van der Waals surface area contributed by atoms with Crippen molar-refractivity contribution in [1.82, 2.24) is 9.78 Å². The third kappa shape index (κ3) is 6.57. The van der Waals surface area contributed by atoms with Crippen LogP contribution in [0.3, 0.4) is 0 Å². The maximum absolute atomic E-state index is 13.6. The number of carbonyl (C=O) groups excluding carboxylic acids is 2. The van der Waals surface area contributed by atoms with Gasteiger partial charge < -0.3 is 10.1 Å². The fraction of sp³-hybridized carbons (Fsp3) is 0.0938. The number of ether oxygens (including phenoxy) is 1. The summed E-state index contributed by atoms with van der Waals surface area (Å²) in [5, 5.41) is 16.8. The van der Waals surface area contributed by atoms with Gasteiger partial charge in [-0.15, -0.1) is 5.11 Å². The van der Waals surface area contributed by atoms with Gasteiger partial charge in [-0.2, -0.15) is 14.9 Å². The van der Waals surface area contributed by atoms with E-state index < -0.39 is 18.2 Å². The Hall–Kier alpha value is -5.08. The van der Waals surface area contributed by atoms with Crippen LogP contribution in [0.15, 0.2) is 119 Å². The molecule has 1 heterocycles. The summed E-state index contributed by atoms with van der Waals surface area (Å²) in [6.45, 7) is 2.48. The van der Waals surface area contributed by atoms with Gasteiger partial charge >= 0.3 is 0 Å². The summed E-state index contributed by atoms with van der Waals surface area (Å²) < 4.78 is 6.75. The van der Waals surface area contributed by atoms with Crippen molar-refractivity contribution >= 4 is 40.5 Å². The highest BCUT2D eigenvalue weighted by molar-refractivity contribution is 6.33. The lowest BCUT2D eigenvalue weighted by atomic mass is 10.1. The number of nitrogens with one attached hydrogen (secondary N) is 1. The topological polar surface area (TPSA) is 97.9 Å². The average molecular weight is 564 g/mol. The van der Waals surface area contributed by atoms with Crippen molar-refractivity contribution < 1.29 is 14.3 Å². The molecule has 0 fully saturated rings. The number of benzene rings is 4. The van der Waals surface area contributed by atoms with Gasteiger partial charge in [0.05, 0.1) is 23.0 Å². The molecule has 0 radical (unpaired) electrons. The number of para-hydroxylation sites is 1. The SMILES string of the molecule is CCOc1ccc(N=Nc2c(-c3ccccc3)nn(C(=O)CC(=O)Nc3ccccc3Cl)c2-c2ccccc2)cc1. The number of anilines is 1. The van der Waals surface area contributed by atoms with Gasteiger partial charge in [0.2, 0.25) is 5.91 Å². The van der Waals surface area contributed by atoms with Gasteiger partial charge in [0.15, 0.2) is 0 Å². The molecule has 204 valence electrons. The van der Waals surface area contributed by atoms with Crippen molar-refractivity contribution in [2.45, 2.75) is 13.3 Å². The molecule has 0 atom stereocenters. The Bertz CT molecular complexity index is 1680. The molecule has 1 N–H and O–H groups in total. The molecule has 8 nitrogen and oxygen atoms in total. The number of nitrogens with zero attached hydrogens (tertiary/aromatic N) is 4. The molecule has 4 aromatic carbocycles. The van der Waals surface area contributed by atoms with Gasteiger partial charge in [0.25, 0.3) is 5.91 Å². The van der Waals surface area contributed by atoms with Crippen LogP contribution in [0, 0.1) is 0 Å². The van der Waals surface area contributed by atoms with Crippen LogP contribution < -0.4 is 10.1 Å². The molecule has 1 aromatic heterocycles. The fourth-order valence-electron chi connectivity index (χ4n) is 4.18. The first-order chi connectivity index (χ1) is 20.0. The molecule has 5 rings (SSSR count). The molecule has 0 aliphatic heterocycles. The zero-order valence-corrected chi connectivity index (χ0v) is 23.0. The minimum atomic E-state index is -0.534. The maximum atomic E-state index is 13.6. The van der Waals surface area contributed by atoms with Crippen molar-refractivity contribution in [3.8, 4) is 28.3 Å². The lowest BCUT2D eigenvalue weighted by Crippen LogP contribution is -2.22. The second-order valence-corrected chi connectivity index (χ2v) is 9.32. The van der Waals surface area contributed by atoms with Crippen molar-refractivity contribution in [2.24, 2.45) is 10.2 Å². The first-order valence-electron chi connectivity index (χ1n) is 13.0. The number of amides is 1. The molecule has 0 saturated heterocycles. The van der Waals surface area contributed by atoms with Crippen LogP contribution in [0.5, 0.6) is 5.75 Å². The van der Waals surface area contributed by atoms with E-state index in [4.69, 9.17) is 16.3 Å². The van der Waals surface area contributed by atoms with Crippen molar-refractivity contribution in [2.75, 3.05) is 11.9 Å². The average Bonchev–Trinajstić information content (AvgIpc) is 3.39. The predicted molar refractivity (Wildman–Crippen MR) is 160 cm³/mol. The van der Waals surface area contributed by atoms with E-state index in [-0.39, 0.29) is 0 Å². The lowest BCUT2D eigenvalue weighted by Gasteiger charge is -2.09. The van der Waals surface area contributed by atoms with E-state index in [9.17, 15) is 9.59 Å². The Labute approximate surface area is 242 Å². The quantitative estimate of drug-likeness (QED) is 0.144. The minimum Gasteiger partial charge on any atom is -0.494 e. The second-order valence-electron chi connectivity index (χ2n) is 8.92. The van der Waals surface area contributed by atoms with E-state index in [2.05, 4.69) is 20.6 Å². The Kier molecular flexibility index (Phi) is 8.61. The van der Waals surface area contributed by atoms with Crippen LogP contribution in [0.1, 0.15) is 18.1 Å². The van der Waals surface area contributed by atoms with Gasteiger partial charge in [0.1, 0.15) is 29.2 Å².